The molecular formula is C24H32N2O4. The minimum Gasteiger partial charge on any atom is -0.388 e. The number of carbonyl (C=O) groups is 1. The van der Waals surface area contributed by atoms with Crippen LogP contribution in [0.5, 0.6) is 0 Å². The third kappa shape index (κ3) is 4.76. The van der Waals surface area contributed by atoms with E-state index in [2.05, 4.69) is 5.32 Å². The molecule has 4 rings (SSSR count). The maximum atomic E-state index is 13.0. The van der Waals surface area contributed by atoms with E-state index in [0.717, 1.165) is 64.6 Å². The van der Waals surface area contributed by atoms with E-state index in [-0.39, 0.29) is 18.0 Å². The number of ether oxygens (including phenoxy) is 1. The topological polar surface area (TPSA) is 80.6 Å². The van der Waals surface area contributed by atoms with Crippen molar-refractivity contribution in [3.63, 3.8) is 0 Å². The second kappa shape index (κ2) is 9.31. The standard InChI is InChI=1S/C24H32N2O4/c27-22(25-17-24(29)11-3-1-2-4-12-24)20-6-5-7-21-19(20)8-13-26(23(21)28)16-18-9-14-30-15-10-18/h5-8,13,18,29H,1-4,9-12,14-17H2,(H,25,27). The first-order chi connectivity index (χ1) is 14.6. The van der Waals surface area contributed by atoms with Gasteiger partial charge in [-0.3, -0.25) is 9.59 Å². The largest absolute Gasteiger partial charge is 0.388 e. The molecule has 2 heterocycles. The molecule has 1 aliphatic heterocycles. The highest BCUT2D eigenvalue weighted by Crippen LogP contribution is 2.26. The molecule has 0 bridgehead atoms. The quantitative estimate of drug-likeness (QED) is 0.739. The van der Waals surface area contributed by atoms with Gasteiger partial charge in [0.25, 0.3) is 11.5 Å². The number of hydrogen-bond donors (Lipinski definition) is 2. The number of amides is 1. The van der Waals surface area contributed by atoms with E-state index < -0.39 is 5.60 Å². The minimum atomic E-state index is -0.826. The molecule has 30 heavy (non-hydrogen) atoms. The molecule has 1 saturated carbocycles. The Kier molecular flexibility index (Phi) is 6.54. The molecular weight excluding hydrogens is 380 g/mol. The molecule has 2 fully saturated rings. The summed E-state index contributed by atoms with van der Waals surface area (Å²) in [5, 5.41) is 15.0. The maximum Gasteiger partial charge on any atom is 0.258 e. The van der Waals surface area contributed by atoms with Crippen molar-refractivity contribution in [1.29, 1.82) is 0 Å². The molecule has 1 aromatic heterocycles. The first kappa shape index (κ1) is 21.1. The number of aromatic nitrogens is 1. The molecule has 0 radical (unpaired) electrons. The van der Waals surface area contributed by atoms with Crippen LogP contribution in [-0.2, 0) is 11.3 Å². The third-order valence-corrected chi connectivity index (χ3v) is 6.67. The van der Waals surface area contributed by atoms with E-state index in [1.165, 1.54) is 0 Å². The van der Waals surface area contributed by atoms with Crippen LogP contribution in [0.2, 0.25) is 0 Å². The Morgan fingerprint density at radius 2 is 1.83 bits per heavy atom. The Morgan fingerprint density at radius 1 is 1.10 bits per heavy atom. The number of rotatable bonds is 5. The monoisotopic (exact) mass is 412 g/mol. The molecule has 6 nitrogen and oxygen atoms in total. The second-order valence-electron chi connectivity index (χ2n) is 8.92. The van der Waals surface area contributed by atoms with Gasteiger partial charge in [-0.25, -0.2) is 0 Å². The van der Waals surface area contributed by atoms with Gasteiger partial charge in [-0.2, -0.15) is 0 Å². The fraction of sp³-hybridized carbons (Fsp3) is 0.583. The van der Waals surface area contributed by atoms with Crippen LogP contribution in [0, 0.1) is 5.92 Å². The van der Waals surface area contributed by atoms with Crippen LogP contribution in [0.25, 0.3) is 10.8 Å². The molecule has 2 aromatic rings. The van der Waals surface area contributed by atoms with E-state index in [1.807, 2.05) is 6.07 Å². The van der Waals surface area contributed by atoms with Gasteiger partial charge in [0.15, 0.2) is 0 Å². The zero-order chi connectivity index (χ0) is 21.0. The summed E-state index contributed by atoms with van der Waals surface area (Å²) in [6.07, 6.45) is 9.45. The van der Waals surface area contributed by atoms with E-state index in [9.17, 15) is 14.7 Å². The Morgan fingerprint density at radius 3 is 2.57 bits per heavy atom. The summed E-state index contributed by atoms with van der Waals surface area (Å²) in [6, 6.07) is 7.16. The molecule has 2 aliphatic rings. The predicted molar refractivity (Wildman–Crippen MR) is 117 cm³/mol. The van der Waals surface area contributed by atoms with E-state index in [1.54, 1.807) is 29.0 Å². The van der Waals surface area contributed by atoms with Gasteiger partial charge in [0, 0.05) is 48.8 Å². The zero-order valence-corrected chi connectivity index (χ0v) is 17.6. The lowest BCUT2D eigenvalue weighted by molar-refractivity contribution is 0.0247. The Balaban J connectivity index is 1.52. The van der Waals surface area contributed by atoms with Gasteiger partial charge in [0.2, 0.25) is 0 Å². The van der Waals surface area contributed by atoms with Crippen LogP contribution in [-0.4, -0.2) is 40.9 Å². The molecule has 1 saturated heterocycles. The summed E-state index contributed by atoms with van der Waals surface area (Å²) >= 11 is 0. The Labute approximate surface area is 177 Å². The van der Waals surface area contributed by atoms with Crippen LogP contribution < -0.4 is 10.9 Å². The zero-order valence-electron chi connectivity index (χ0n) is 17.6. The van der Waals surface area contributed by atoms with Gasteiger partial charge in [0.05, 0.1) is 5.60 Å². The molecule has 1 aliphatic carbocycles. The summed E-state index contributed by atoms with van der Waals surface area (Å²) in [5.41, 5.74) is -0.399. The lowest BCUT2D eigenvalue weighted by atomic mass is 9.94. The van der Waals surface area contributed by atoms with Crippen LogP contribution >= 0.6 is 0 Å². The van der Waals surface area contributed by atoms with Crippen LogP contribution in [0.3, 0.4) is 0 Å². The minimum absolute atomic E-state index is 0.0592. The summed E-state index contributed by atoms with van der Waals surface area (Å²) in [4.78, 5) is 25.9. The molecule has 1 aromatic carbocycles. The van der Waals surface area contributed by atoms with Crippen molar-refractivity contribution in [3.05, 3.63) is 46.4 Å². The van der Waals surface area contributed by atoms with Crippen molar-refractivity contribution in [3.8, 4) is 0 Å². The lowest BCUT2D eigenvalue weighted by Crippen LogP contribution is -2.42. The number of hydrogen-bond acceptors (Lipinski definition) is 4. The van der Waals surface area contributed by atoms with Crippen molar-refractivity contribution in [2.75, 3.05) is 19.8 Å². The molecule has 0 spiro atoms. The normalized spacial score (nSPS) is 20.0. The van der Waals surface area contributed by atoms with Crippen LogP contribution in [0.15, 0.2) is 35.3 Å². The Hall–Kier alpha value is -2.18. The van der Waals surface area contributed by atoms with Crippen LogP contribution in [0.1, 0.15) is 61.7 Å². The summed E-state index contributed by atoms with van der Waals surface area (Å²) in [7, 11) is 0. The van der Waals surface area contributed by atoms with E-state index in [0.29, 0.717) is 28.8 Å². The number of benzene rings is 1. The van der Waals surface area contributed by atoms with Gasteiger partial charge >= 0.3 is 0 Å². The second-order valence-corrected chi connectivity index (χ2v) is 8.92. The van der Waals surface area contributed by atoms with E-state index >= 15 is 0 Å². The molecule has 1 amide bonds. The SMILES string of the molecule is O=C(NCC1(O)CCCCCC1)c1cccc2c(=O)n(CC3CCOCC3)ccc12. The van der Waals surface area contributed by atoms with Gasteiger partial charge in [-0.05, 0) is 49.8 Å². The average Bonchev–Trinajstić information content (AvgIpc) is 2.99. The van der Waals surface area contributed by atoms with Gasteiger partial charge in [-0.15, -0.1) is 0 Å². The summed E-state index contributed by atoms with van der Waals surface area (Å²) in [6.45, 7) is 2.44. The van der Waals surface area contributed by atoms with Crippen molar-refractivity contribution >= 4 is 16.7 Å². The molecule has 6 heteroatoms. The van der Waals surface area contributed by atoms with E-state index in [4.69, 9.17) is 4.74 Å². The Bertz CT molecular complexity index is 938. The number of nitrogens with zero attached hydrogens (tertiary/aromatic N) is 1. The van der Waals surface area contributed by atoms with Crippen molar-refractivity contribution < 1.29 is 14.6 Å². The highest BCUT2D eigenvalue weighted by molar-refractivity contribution is 6.06. The first-order valence-corrected chi connectivity index (χ1v) is 11.3. The van der Waals surface area contributed by atoms with Crippen molar-refractivity contribution in [2.24, 2.45) is 5.92 Å². The van der Waals surface area contributed by atoms with Gasteiger partial charge < -0.3 is 19.7 Å². The highest BCUT2D eigenvalue weighted by atomic mass is 16.5. The highest BCUT2D eigenvalue weighted by Gasteiger charge is 2.28. The summed E-state index contributed by atoms with van der Waals surface area (Å²) in [5.74, 6) is 0.209. The van der Waals surface area contributed by atoms with Crippen molar-refractivity contribution in [2.45, 2.75) is 63.5 Å². The van der Waals surface area contributed by atoms with Gasteiger partial charge in [0.1, 0.15) is 0 Å². The fourth-order valence-electron chi connectivity index (χ4n) is 4.77. The molecule has 2 N–H and O–H groups in total. The van der Waals surface area contributed by atoms with Crippen LogP contribution in [0.4, 0.5) is 0 Å². The molecule has 0 unspecified atom stereocenters. The summed E-state index contributed by atoms with van der Waals surface area (Å²) < 4.78 is 7.17. The number of carbonyl (C=O) groups excluding carboxylic acids is 1. The predicted octanol–water partition coefficient (Wildman–Crippen LogP) is 3.24. The number of fused-ring (bicyclic) bond motifs is 1. The third-order valence-electron chi connectivity index (χ3n) is 6.67. The lowest BCUT2D eigenvalue weighted by Gasteiger charge is -2.27. The first-order valence-electron chi connectivity index (χ1n) is 11.3. The van der Waals surface area contributed by atoms with Crippen molar-refractivity contribution in [1.82, 2.24) is 9.88 Å². The number of aliphatic hydroxyl groups is 1. The maximum absolute atomic E-state index is 13.0. The molecule has 0 atom stereocenters. The van der Waals surface area contributed by atoms with Gasteiger partial charge in [-0.1, -0.05) is 31.7 Å². The smallest absolute Gasteiger partial charge is 0.258 e. The number of nitrogens with one attached hydrogen (secondary N) is 1. The molecule has 162 valence electrons. The average molecular weight is 413 g/mol. The number of pyridine rings is 1. The fourth-order valence-corrected chi connectivity index (χ4v) is 4.77.